The summed E-state index contributed by atoms with van der Waals surface area (Å²) < 4.78 is 5.99. The molecule has 1 saturated heterocycles. The fourth-order valence-electron chi connectivity index (χ4n) is 4.29. The maximum atomic E-state index is 13.5. The second-order valence-electron chi connectivity index (χ2n) is 8.39. The molecule has 5 rings (SSSR count). The van der Waals surface area contributed by atoms with Crippen molar-refractivity contribution in [3.63, 3.8) is 0 Å². The number of fused-ring (bicyclic) bond motifs is 1. The highest BCUT2D eigenvalue weighted by Gasteiger charge is 2.28. The number of aromatic amines is 1. The molecule has 34 heavy (non-hydrogen) atoms. The number of amides is 2. The molecule has 2 amide bonds. The zero-order valence-corrected chi connectivity index (χ0v) is 18.8. The lowest BCUT2D eigenvalue weighted by Gasteiger charge is -2.33. The Morgan fingerprint density at radius 1 is 1.03 bits per heavy atom. The average molecular weight is 455 g/mol. The number of pyridine rings is 1. The number of likely N-dealkylation sites (tertiary alicyclic amines) is 1. The smallest absolute Gasteiger partial charge is 0.258 e. The van der Waals surface area contributed by atoms with Crippen LogP contribution in [0.4, 0.5) is 5.69 Å². The number of rotatable bonds is 6. The third-order valence-electron chi connectivity index (χ3n) is 6.14. The summed E-state index contributed by atoms with van der Waals surface area (Å²) in [6, 6.07) is 20.6. The largest absolute Gasteiger partial charge is 0.489 e. The van der Waals surface area contributed by atoms with Crippen LogP contribution in [0.2, 0.25) is 0 Å². The molecule has 1 aliphatic heterocycles. The topological polar surface area (TPSA) is 78.5 Å². The molecule has 0 spiro atoms. The standard InChI is InChI=1S/C27H26N4O3/c32-26(30-15-11-23(12-16-30)34-24-7-4-13-28-18-24)19-31(22-5-2-1-3-6-22)27(33)21-9-8-20-10-14-29-25(20)17-21/h1-10,13-14,17-18,23,29H,11-12,15-16,19H2. The van der Waals surface area contributed by atoms with E-state index in [2.05, 4.69) is 9.97 Å². The van der Waals surface area contributed by atoms with Crippen molar-refractivity contribution in [2.75, 3.05) is 24.5 Å². The fourth-order valence-corrected chi connectivity index (χ4v) is 4.29. The van der Waals surface area contributed by atoms with E-state index >= 15 is 0 Å². The second kappa shape index (κ2) is 9.79. The SMILES string of the molecule is O=C(CN(C(=O)c1ccc2cc[nH]c2c1)c1ccccc1)N1CCC(Oc2cccnc2)CC1. The van der Waals surface area contributed by atoms with Gasteiger partial charge < -0.3 is 14.6 Å². The van der Waals surface area contributed by atoms with Gasteiger partial charge in [-0.3, -0.25) is 19.5 Å². The summed E-state index contributed by atoms with van der Waals surface area (Å²) >= 11 is 0. The Hall–Kier alpha value is -4.13. The molecule has 0 bridgehead atoms. The number of anilines is 1. The van der Waals surface area contributed by atoms with Crippen molar-refractivity contribution in [3.05, 3.63) is 90.9 Å². The van der Waals surface area contributed by atoms with Crippen LogP contribution in [0.15, 0.2) is 85.3 Å². The zero-order chi connectivity index (χ0) is 23.3. The minimum Gasteiger partial charge on any atom is -0.489 e. The van der Waals surface area contributed by atoms with Crippen LogP contribution < -0.4 is 9.64 Å². The molecule has 1 N–H and O–H groups in total. The average Bonchev–Trinajstić information content (AvgIpc) is 3.36. The van der Waals surface area contributed by atoms with Crippen LogP contribution in [0.5, 0.6) is 5.75 Å². The van der Waals surface area contributed by atoms with Gasteiger partial charge in [-0.2, -0.15) is 0 Å². The van der Waals surface area contributed by atoms with Gasteiger partial charge in [0, 0.05) is 55.1 Å². The van der Waals surface area contributed by atoms with Crippen molar-refractivity contribution >= 4 is 28.4 Å². The third kappa shape index (κ3) is 4.78. The van der Waals surface area contributed by atoms with Gasteiger partial charge in [0.1, 0.15) is 18.4 Å². The quantitative estimate of drug-likeness (QED) is 0.472. The molecule has 0 aliphatic carbocycles. The van der Waals surface area contributed by atoms with Crippen molar-refractivity contribution in [3.8, 4) is 5.75 Å². The number of nitrogens with zero attached hydrogens (tertiary/aromatic N) is 3. The van der Waals surface area contributed by atoms with E-state index in [9.17, 15) is 9.59 Å². The summed E-state index contributed by atoms with van der Waals surface area (Å²) in [7, 11) is 0. The highest BCUT2D eigenvalue weighted by Crippen LogP contribution is 2.22. The number of aromatic nitrogens is 2. The van der Waals surface area contributed by atoms with Gasteiger partial charge >= 0.3 is 0 Å². The van der Waals surface area contributed by atoms with Crippen LogP contribution in [-0.2, 0) is 4.79 Å². The molecule has 0 saturated carbocycles. The number of para-hydroxylation sites is 1. The van der Waals surface area contributed by atoms with E-state index in [4.69, 9.17) is 4.74 Å². The molecule has 7 nitrogen and oxygen atoms in total. The normalized spacial score (nSPS) is 14.2. The van der Waals surface area contributed by atoms with E-state index in [1.54, 1.807) is 23.4 Å². The lowest BCUT2D eigenvalue weighted by Crippen LogP contribution is -2.47. The molecule has 0 unspecified atom stereocenters. The molecular weight excluding hydrogens is 428 g/mol. The predicted octanol–water partition coefficient (Wildman–Crippen LogP) is 4.28. The number of carbonyl (C=O) groups is 2. The lowest BCUT2D eigenvalue weighted by atomic mass is 10.1. The van der Waals surface area contributed by atoms with E-state index in [-0.39, 0.29) is 24.5 Å². The summed E-state index contributed by atoms with van der Waals surface area (Å²) in [6.45, 7) is 1.17. The van der Waals surface area contributed by atoms with Gasteiger partial charge in [0.25, 0.3) is 5.91 Å². The van der Waals surface area contributed by atoms with Crippen molar-refractivity contribution in [1.82, 2.24) is 14.9 Å². The Morgan fingerprint density at radius 2 is 1.85 bits per heavy atom. The summed E-state index contributed by atoms with van der Waals surface area (Å²) in [5.41, 5.74) is 2.12. The van der Waals surface area contributed by atoms with Gasteiger partial charge in [-0.1, -0.05) is 24.3 Å². The molecular formula is C27H26N4O3. The lowest BCUT2D eigenvalue weighted by molar-refractivity contribution is -0.131. The maximum absolute atomic E-state index is 13.5. The Balaban J connectivity index is 1.28. The number of hydrogen-bond donors (Lipinski definition) is 1. The number of H-pyrrole nitrogens is 1. The first-order chi connectivity index (χ1) is 16.7. The molecule has 172 valence electrons. The fraction of sp³-hybridized carbons (Fsp3) is 0.222. The third-order valence-corrected chi connectivity index (χ3v) is 6.14. The van der Waals surface area contributed by atoms with E-state index in [0.717, 1.165) is 29.5 Å². The van der Waals surface area contributed by atoms with Crippen LogP contribution >= 0.6 is 0 Å². The summed E-state index contributed by atoms with van der Waals surface area (Å²) in [6.07, 6.45) is 6.79. The molecule has 3 heterocycles. The van der Waals surface area contributed by atoms with Crippen molar-refractivity contribution < 1.29 is 14.3 Å². The van der Waals surface area contributed by atoms with Crippen LogP contribution in [0, 0.1) is 0 Å². The van der Waals surface area contributed by atoms with Crippen molar-refractivity contribution in [1.29, 1.82) is 0 Å². The molecule has 2 aromatic carbocycles. The zero-order valence-electron chi connectivity index (χ0n) is 18.8. The highest BCUT2D eigenvalue weighted by molar-refractivity contribution is 6.10. The minimum atomic E-state index is -0.203. The highest BCUT2D eigenvalue weighted by atomic mass is 16.5. The number of carbonyl (C=O) groups excluding carboxylic acids is 2. The molecule has 4 aromatic rings. The number of piperidine rings is 1. The summed E-state index contributed by atoms with van der Waals surface area (Å²) in [4.78, 5) is 37.3. The Morgan fingerprint density at radius 3 is 2.62 bits per heavy atom. The van der Waals surface area contributed by atoms with Gasteiger partial charge in [0.2, 0.25) is 5.91 Å². The van der Waals surface area contributed by atoms with Gasteiger partial charge in [-0.05, 0) is 47.9 Å². The molecule has 7 heteroatoms. The summed E-state index contributed by atoms with van der Waals surface area (Å²) in [5.74, 6) is 0.469. The number of hydrogen-bond acceptors (Lipinski definition) is 4. The Labute approximate surface area is 198 Å². The van der Waals surface area contributed by atoms with Gasteiger partial charge in [0.05, 0.1) is 6.20 Å². The monoisotopic (exact) mass is 454 g/mol. The van der Waals surface area contributed by atoms with Crippen LogP contribution in [0.3, 0.4) is 0 Å². The van der Waals surface area contributed by atoms with Gasteiger partial charge in [-0.25, -0.2) is 0 Å². The van der Waals surface area contributed by atoms with E-state index < -0.39 is 0 Å². The maximum Gasteiger partial charge on any atom is 0.258 e. The van der Waals surface area contributed by atoms with Crippen molar-refractivity contribution in [2.24, 2.45) is 0 Å². The first kappa shape index (κ1) is 21.7. The minimum absolute atomic E-state index is 0.0141. The van der Waals surface area contributed by atoms with Crippen LogP contribution in [-0.4, -0.2) is 52.4 Å². The summed E-state index contributed by atoms with van der Waals surface area (Å²) in [5, 5.41) is 1.04. The molecule has 0 radical (unpaired) electrons. The molecule has 0 atom stereocenters. The first-order valence-corrected chi connectivity index (χ1v) is 11.5. The number of ether oxygens (including phenoxy) is 1. The van der Waals surface area contributed by atoms with Crippen molar-refractivity contribution in [2.45, 2.75) is 18.9 Å². The van der Waals surface area contributed by atoms with E-state index in [1.807, 2.05) is 71.8 Å². The Bertz CT molecular complexity index is 1260. The predicted molar refractivity (Wildman–Crippen MR) is 131 cm³/mol. The molecule has 1 aliphatic rings. The molecule has 1 fully saturated rings. The van der Waals surface area contributed by atoms with Gasteiger partial charge in [-0.15, -0.1) is 0 Å². The number of nitrogens with one attached hydrogen (secondary N) is 1. The first-order valence-electron chi connectivity index (χ1n) is 11.5. The van der Waals surface area contributed by atoms with E-state index in [1.165, 1.54) is 0 Å². The second-order valence-corrected chi connectivity index (χ2v) is 8.39. The molecule has 2 aromatic heterocycles. The van der Waals surface area contributed by atoms with Crippen LogP contribution in [0.1, 0.15) is 23.2 Å². The number of benzene rings is 2. The van der Waals surface area contributed by atoms with Gasteiger partial charge in [0.15, 0.2) is 0 Å². The Kier molecular flexibility index (Phi) is 6.25. The van der Waals surface area contributed by atoms with E-state index in [0.29, 0.717) is 24.3 Å². The van der Waals surface area contributed by atoms with Crippen LogP contribution in [0.25, 0.3) is 10.9 Å².